The zero-order valence-electron chi connectivity index (χ0n) is 11.3. The van der Waals surface area contributed by atoms with Crippen LogP contribution in [0.2, 0.25) is 0 Å². The average Bonchev–Trinajstić information content (AvgIpc) is 2.81. The molecular formula is C15H20O4. The monoisotopic (exact) mass is 264 g/mol. The lowest BCUT2D eigenvalue weighted by atomic mass is 9.55. The molecule has 0 radical (unpaired) electrons. The third-order valence-corrected chi connectivity index (χ3v) is 5.07. The van der Waals surface area contributed by atoms with Crippen LogP contribution in [0.1, 0.15) is 26.2 Å². The molecule has 0 spiro atoms. The lowest BCUT2D eigenvalue weighted by Crippen LogP contribution is -2.47. The molecule has 1 heterocycles. The number of carbonyl (C=O) groups excluding carboxylic acids is 2. The molecule has 3 aliphatic carbocycles. The van der Waals surface area contributed by atoms with Gasteiger partial charge in [-0.05, 0) is 43.9 Å². The third-order valence-electron chi connectivity index (χ3n) is 5.07. The van der Waals surface area contributed by atoms with Gasteiger partial charge >= 0.3 is 11.9 Å². The van der Waals surface area contributed by atoms with E-state index in [1.165, 1.54) is 0 Å². The first-order chi connectivity index (χ1) is 9.08. The summed E-state index contributed by atoms with van der Waals surface area (Å²) >= 11 is 0. The molecule has 1 saturated heterocycles. The Morgan fingerprint density at radius 3 is 2.95 bits per heavy atom. The highest BCUT2D eigenvalue weighted by Crippen LogP contribution is 2.54. The molecular weight excluding hydrogens is 244 g/mol. The summed E-state index contributed by atoms with van der Waals surface area (Å²) < 4.78 is 10.5. The van der Waals surface area contributed by atoms with Crippen molar-refractivity contribution < 1.29 is 19.1 Å². The number of ether oxygens (including phenoxy) is 2. The SMILES string of the molecule is C=C(C)C(=O)OCC1CC2CCC1C1COC(=O)C21. The van der Waals surface area contributed by atoms with Crippen LogP contribution in [0.4, 0.5) is 0 Å². The van der Waals surface area contributed by atoms with Gasteiger partial charge in [0.1, 0.15) is 0 Å². The smallest absolute Gasteiger partial charge is 0.333 e. The van der Waals surface area contributed by atoms with E-state index in [2.05, 4.69) is 6.58 Å². The van der Waals surface area contributed by atoms with Gasteiger partial charge in [0.25, 0.3) is 0 Å². The molecule has 4 aliphatic rings. The summed E-state index contributed by atoms with van der Waals surface area (Å²) in [5.41, 5.74) is 0.443. The molecule has 4 heteroatoms. The zero-order chi connectivity index (χ0) is 13.6. The Morgan fingerprint density at radius 1 is 1.42 bits per heavy atom. The minimum Gasteiger partial charge on any atom is -0.465 e. The van der Waals surface area contributed by atoms with E-state index in [1.54, 1.807) is 6.92 Å². The van der Waals surface area contributed by atoms with Gasteiger partial charge in [-0.1, -0.05) is 6.58 Å². The predicted molar refractivity (Wildman–Crippen MR) is 68.0 cm³/mol. The molecule has 5 atom stereocenters. The first kappa shape index (κ1) is 12.7. The zero-order valence-corrected chi connectivity index (χ0v) is 11.3. The molecule has 5 unspecified atom stereocenters. The molecule has 0 N–H and O–H groups in total. The van der Waals surface area contributed by atoms with Gasteiger partial charge in [-0.15, -0.1) is 0 Å². The molecule has 0 aromatic heterocycles. The van der Waals surface area contributed by atoms with Gasteiger partial charge in [-0.25, -0.2) is 4.79 Å². The maximum atomic E-state index is 11.7. The first-order valence-corrected chi connectivity index (χ1v) is 7.07. The van der Waals surface area contributed by atoms with Crippen LogP contribution in [0.25, 0.3) is 0 Å². The fourth-order valence-corrected chi connectivity index (χ4v) is 4.20. The molecule has 19 heavy (non-hydrogen) atoms. The van der Waals surface area contributed by atoms with E-state index in [-0.39, 0.29) is 17.9 Å². The van der Waals surface area contributed by atoms with Gasteiger partial charge in [0.15, 0.2) is 0 Å². The average molecular weight is 264 g/mol. The van der Waals surface area contributed by atoms with Crippen LogP contribution in [-0.4, -0.2) is 25.2 Å². The second-order valence-electron chi connectivity index (χ2n) is 6.20. The quantitative estimate of drug-likeness (QED) is 0.577. The molecule has 1 aliphatic heterocycles. The molecule has 4 fully saturated rings. The van der Waals surface area contributed by atoms with E-state index in [0.29, 0.717) is 42.5 Å². The van der Waals surface area contributed by atoms with Crippen molar-refractivity contribution in [2.45, 2.75) is 26.2 Å². The van der Waals surface area contributed by atoms with Crippen LogP contribution in [0, 0.1) is 29.6 Å². The van der Waals surface area contributed by atoms with Crippen LogP contribution in [0.15, 0.2) is 12.2 Å². The second kappa shape index (κ2) is 4.66. The minimum atomic E-state index is -0.309. The predicted octanol–water partition coefficient (Wildman–Crippen LogP) is 1.94. The molecule has 0 aromatic rings. The van der Waals surface area contributed by atoms with Crippen LogP contribution < -0.4 is 0 Å². The van der Waals surface area contributed by atoms with Crippen molar-refractivity contribution in [1.82, 2.24) is 0 Å². The maximum Gasteiger partial charge on any atom is 0.333 e. The van der Waals surface area contributed by atoms with Crippen molar-refractivity contribution in [2.24, 2.45) is 29.6 Å². The third kappa shape index (κ3) is 2.07. The Bertz CT molecular complexity index is 428. The molecule has 3 saturated carbocycles. The molecule has 4 rings (SSSR count). The summed E-state index contributed by atoms with van der Waals surface area (Å²) in [5, 5.41) is 0. The van der Waals surface area contributed by atoms with Crippen molar-refractivity contribution >= 4 is 11.9 Å². The number of cyclic esters (lactones) is 1. The van der Waals surface area contributed by atoms with Crippen LogP contribution >= 0.6 is 0 Å². The normalized spacial score (nSPS) is 39.6. The van der Waals surface area contributed by atoms with Gasteiger partial charge in [0.2, 0.25) is 0 Å². The fourth-order valence-electron chi connectivity index (χ4n) is 4.20. The Hall–Kier alpha value is -1.32. The lowest BCUT2D eigenvalue weighted by molar-refractivity contribution is -0.148. The van der Waals surface area contributed by atoms with Crippen molar-refractivity contribution in [2.75, 3.05) is 13.2 Å². The van der Waals surface area contributed by atoms with Crippen LogP contribution in [-0.2, 0) is 19.1 Å². The van der Waals surface area contributed by atoms with Crippen molar-refractivity contribution in [1.29, 1.82) is 0 Å². The highest BCUT2D eigenvalue weighted by molar-refractivity contribution is 5.86. The number of hydrogen-bond acceptors (Lipinski definition) is 4. The van der Waals surface area contributed by atoms with Crippen molar-refractivity contribution in [3.63, 3.8) is 0 Å². The minimum absolute atomic E-state index is 0.00270. The van der Waals surface area contributed by atoms with Gasteiger partial charge in [-0.2, -0.15) is 0 Å². The summed E-state index contributed by atoms with van der Waals surface area (Å²) in [5.74, 6) is 1.45. The van der Waals surface area contributed by atoms with Crippen LogP contribution in [0.3, 0.4) is 0 Å². The number of rotatable bonds is 3. The Labute approximate surface area is 113 Å². The molecule has 4 nitrogen and oxygen atoms in total. The largest absolute Gasteiger partial charge is 0.465 e. The molecule has 2 bridgehead atoms. The van der Waals surface area contributed by atoms with E-state index < -0.39 is 0 Å². The highest BCUT2D eigenvalue weighted by Gasteiger charge is 2.55. The summed E-state index contributed by atoms with van der Waals surface area (Å²) in [6.45, 7) is 6.28. The summed E-state index contributed by atoms with van der Waals surface area (Å²) in [7, 11) is 0. The fraction of sp³-hybridized carbons (Fsp3) is 0.733. The Morgan fingerprint density at radius 2 is 2.21 bits per heavy atom. The summed E-state index contributed by atoms with van der Waals surface area (Å²) in [6.07, 6.45) is 3.24. The van der Waals surface area contributed by atoms with E-state index in [1.807, 2.05) is 0 Å². The van der Waals surface area contributed by atoms with E-state index in [0.717, 1.165) is 19.3 Å². The molecule has 104 valence electrons. The van der Waals surface area contributed by atoms with Crippen molar-refractivity contribution in [3.8, 4) is 0 Å². The first-order valence-electron chi connectivity index (χ1n) is 7.07. The van der Waals surface area contributed by atoms with Crippen LogP contribution in [0.5, 0.6) is 0 Å². The Kier molecular flexibility index (Phi) is 3.11. The summed E-state index contributed by atoms with van der Waals surface area (Å²) in [6, 6.07) is 0. The maximum absolute atomic E-state index is 11.7. The number of esters is 2. The van der Waals surface area contributed by atoms with Gasteiger partial charge in [-0.3, -0.25) is 4.79 Å². The topological polar surface area (TPSA) is 52.6 Å². The van der Waals surface area contributed by atoms with Crippen molar-refractivity contribution in [3.05, 3.63) is 12.2 Å². The number of hydrogen-bond donors (Lipinski definition) is 0. The number of fused-ring (bicyclic) bond motifs is 2. The van der Waals surface area contributed by atoms with Gasteiger partial charge in [0.05, 0.1) is 19.1 Å². The van der Waals surface area contributed by atoms with Gasteiger partial charge in [0, 0.05) is 11.5 Å². The Balaban J connectivity index is 1.65. The standard InChI is InChI=1S/C15H20O4/c1-8(2)14(16)18-6-10-5-9-3-4-11(10)12-7-19-15(17)13(9)12/h9-13H,1,3-7H2,2H3. The number of carbonyl (C=O) groups is 2. The highest BCUT2D eigenvalue weighted by atomic mass is 16.5. The van der Waals surface area contributed by atoms with E-state index in [9.17, 15) is 9.59 Å². The lowest BCUT2D eigenvalue weighted by Gasteiger charge is -2.47. The van der Waals surface area contributed by atoms with E-state index in [4.69, 9.17) is 9.47 Å². The van der Waals surface area contributed by atoms with E-state index >= 15 is 0 Å². The van der Waals surface area contributed by atoms with Gasteiger partial charge < -0.3 is 9.47 Å². The molecule has 0 aromatic carbocycles. The molecule has 0 amide bonds. The second-order valence-corrected chi connectivity index (χ2v) is 6.20. The summed E-state index contributed by atoms with van der Waals surface area (Å²) in [4.78, 5) is 23.2.